The topological polar surface area (TPSA) is 17.0 Å². The second kappa shape index (κ2) is 5.21. The van der Waals surface area contributed by atoms with Crippen molar-refractivity contribution in [2.75, 3.05) is 5.32 Å². The molecule has 0 aliphatic carbocycles. The number of halogens is 2. The van der Waals surface area contributed by atoms with Crippen molar-refractivity contribution >= 4 is 5.69 Å². The van der Waals surface area contributed by atoms with Crippen LogP contribution in [-0.4, -0.2) is 4.57 Å². The Hall–Kier alpha value is -1.84. The number of anilines is 1. The van der Waals surface area contributed by atoms with Gasteiger partial charge in [-0.25, -0.2) is 8.78 Å². The van der Waals surface area contributed by atoms with Gasteiger partial charge < -0.3 is 9.88 Å². The molecular weight excluding hydrogens is 234 g/mol. The predicted octanol–water partition coefficient (Wildman–Crippen LogP) is 3.71. The molecule has 1 heterocycles. The molecule has 0 amide bonds. The highest BCUT2D eigenvalue weighted by Gasteiger charge is 2.10. The van der Waals surface area contributed by atoms with Crippen molar-refractivity contribution in [3.63, 3.8) is 0 Å². The Morgan fingerprint density at radius 3 is 2.67 bits per heavy atom. The third-order valence-electron chi connectivity index (χ3n) is 2.93. The van der Waals surface area contributed by atoms with E-state index < -0.39 is 11.6 Å². The Labute approximate surface area is 105 Å². The average Bonchev–Trinajstić information content (AvgIpc) is 2.82. The van der Waals surface area contributed by atoms with Gasteiger partial charge in [-0.2, -0.15) is 0 Å². The third-order valence-corrected chi connectivity index (χ3v) is 2.93. The average molecular weight is 250 g/mol. The summed E-state index contributed by atoms with van der Waals surface area (Å²) in [5.74, 6) is -1.09. The molecule has 1 aromatic heterocycles. The number of rotatable bonds is 4. The highest BCUT2D eigenvalue weighted by Crippen LogP contribution is 2.22. The molecule has 0 unspecified atom stereocenters. The van der Waals surface area contributed by atoms with E-state index in [9.17, 15) is 8.78 Å². The first-order valence-electron chi connectivity index (χ1n) is 5.95. The smallest absolute Gasteiger partial charge is 0.152 e. The van der Waals surface area contributed by atoms with Gasteiger partial charge in [-0.05, 0) is 37.1 Å². The van der Waals surface area contributed by atoms with Crippen LogP contribution in [0.15, 0.2) is 30.6 Å². The molecule has 1 aromatic carbocycles. The minimum Gasteiger partial charge on any atom is -0.376 e. The lowest BCUT2D eigenvalue weighted by molar-refractivity contribution is 0.582. The number of nitrogens with zero attached hydrogens (tertiary/aromatic N) is 1. The lowest BCUT2D eigenvalue weighted by atomic mass is 10.2. The van der Waals surface area contributed by atoms with Crippen LogP contribution in [0.25, 0.3) is 0 Å². The van der Waals surface area contributed by atoms with Crippen molar-refractivity contribution in [2.24, 2.45) is 0 Å². The SMILES string of the molecule is CCn1ccc(CNc2c(F)ccc(C)c2F)c1. The maximum absolute atomic E-state index is 13.7. The van der Waals surface area contributed by atoms with Gasteiger partial charge in [0.2, 0.25) is 0 Å². The molecule has 96 valence electrons. The molecule has 4 heteroatoms. The molecule has 0 aliphatic rings. The van der Waals surface area contributed by atoms with Gasteiger partial charge in [0.25, 0.3) is 0 Å². The lowest BCUT2D eigenvalue weighted by Gasteiger charge is -2.09. The van der Waals surface area contributed by atoms with E-state index in [0.29, 0.717) is 12.1 Å². The number of hydrogen-bond acceptors (Lipinski definition) is 1. The van der Waals surface area contributed by atoms with Gasteiger partial charge in [0, 0.05) is 25.5 Å². The van der Waals surface area contributed by atoms with Gasteiger partial charge in [-0.3, -0.25) is 0 Å². The molecule has 0 bridgehead atoms. The molecule has 0 atom stereocenters. The number of aryl methyl sites for hydroxylation is 2. The fraction of sp³-hybridized carbons (Fsp3) is 0.286. The van der Waals surface area contributed by atoms with Crippen LogP contribution in [-0.2, 0) is 13.1 Å². The van der Waals surface area contributed by atoms with Crippen molar-refractivity contribution < 1.29 is 8.78 Å². The molecule has 0 saturated carbocycles. The predicted molar refractivity (Wildman–Crippen MR) is 68.5 cm³/mol. The zero-order valence-corrected chi connectivity index (χ0v) is 10.5. The summed E-state index contributed by atoms with van der Waals surface area (Å²) < 4.78 is 29.2. The monoisotopic (exact) mass is 250 g/mol. The number of nitrogens with one attached hydrogen (secondary N) is 1. The number of hydrogen-bond donors (Lipinski definition) is 1. The van der Waals surface area contributed by atoms with Crippen LogP contribution in [0.5, 0.6) is 0 Å². The summed E-state index contributed by atoms with van der Waals surface area (Å²) in [5, 5.41) is 2.81. The number of benzene rings is 1. The standard InChI is InChI=1S/C14H16F2N2/c1-3-18-7-6-11(9-18)8-17-14-12(15)5-4-10(2)13(14)16/h4-7,9,17H,3,8H2,1-2H3. The summed E-state index contributed by atoms with van der Waals surface area (Å²) in [7, 11) is 0. The van der Waals surface area contributed by atoms with Crippen molar-refractivity contribution in [3.05, 3.63) is 53.4 Å². The Morgan fingerprint density at radius 1 is 1.22 bits per heavy atom. The molecule has 2 rings (SSSR count). The van der Waals surface area contributed by atoms with Crippen molar-refractivity contribution in [3.8, 4) is 0 Å². The molecule has 2 aromatic rings. The van der Waals surface area contributed by atoms with Crippen LogP contribution >= 0.6 is 0 Å². The Bertz CT molecular complexity index is 547. The van der Waals surface area contributed by atoms with Crippen LogP contribution in [0, 0.1) is 18.6 Å². The lowest BCUT2D eigenvalue weighted by Crippen LogP contribution is -2.04. The van der Waals surface area contributed by atoms with E-state index in [0.717, 1.165) is 12.1 Å². The Morgan fingerprint density at radius 2 is 2.00 bits per heavy atom. The van der Waals surface area contributed by atoms with Gasteiger partial charge in [0.05, 0.1) is 0 Å². The van der Waals surface area contributed by atoms with Crippen LogP contribution in [0.1, 0.15) is 18.1 Å². The van der Waals surface area contributed by atoms with Gasteiger partial charge >= 0.3 is 0 Å². The third kappa shape index (κ3) is 2.53. The first-order valence-corrected chi connectivity index (χ1v) is 5.95. The van der Waals surface area contributed by atoms with Crippen LogP contribution in [0.2, 0.25) is 0 Å². The van der Waals surface area contributed by atoms with Gasteiger partial charge in [0.1, 0.15) is 11.5 Å². The maximum Gasteiger partial charge on any atom is 0.152 e. The number of aromatic nitrogens is 1. The van der Waals surface area contributed by atoms with Crippen molar-refractivity contribution in [1.29, 1.82) is 0 Å². The fourth-order valence-electron chi connectivity index (χ4n) is 1.80. The van der Waals surface area contributed by atoms with E-state index in [1.807, 2.05) is 30.0 Å². The molecule has 0 aliphatic heterocycles. The molecule has 0 saturated heterocycles. The zero-order chi connectivity index (χ0) is 13.1. The largest absolute Gasteiger partial charge is 0.376 e. The van der Waals surface area contributed by atoms with E-state index in [4.69, 9.17) is 0 Å². The first kappa shape index (κ1) is 12.6. The Kier molecular flexibility index (Phi) is 3.65. The quantitative estimate of drug-likeness (QED) is 0.875. The molecule has 0 fully saturated rings. The van der Waals surface area contributed by atoms with Crippen molar-refractivity contribution in [1.82, 2.24) is 4.57 Å². The van der Waals surface area contributed by atoms with E-state index in [-0.39, 0.29) is 5.69 Å². The zero-order valence-electron chi connectivity index (χ0n) is 10.5. The highest BCUT2D eigenvalue weighted by atomic mass is 19.1. The summed E-state index contributed by atoms with van der Waals surface area (Å²) in [6.07, 6.45) is 3.90. The minimum atomic E-state index is -0.562. The van der Waals surface area contributed by atoms with Crippen LogP contribution < -0.4 is 5.32 Å². The van der Waals surface area contributed by atoms with Gasteiger partial charge in [-0.1, -0.05) is 6.07 Å². The fourth-order valence-corrected chi connectivity index (χ4v) is 1.80. The van der Waals surface area contributed by atoms with E-state index >= 15 is 0 Å². The summed E-state index contributed by atoms with van der Waals surface area (Å²) in [6.45, 7) is 4.95. The molecule has 1 N–H and O–H groups in total. The van der Waals surface area contributed by atoms with E-state index in [2.05, 4.69) is 5.32 Å². The van der Waals surface area contributed by atoms with Crippen molar-refractivity contribution in [2.45, 2.75) is 26.9 Å². The highest BCUT2D eigenvalue weighted by molar-refractivity contribution is 5.49. The maximum atomic E-state index is 13.7. The molecule has 18 heavy (non-hydrogen) atoms. The molecule has 2 nitrogen and oxygen atoms in total. The summed E-state index contributed by atoms with van der Waals surface area (Å²) in [6, 6.07) is 4.64. The van der Waals surface area contributed by atoms with E-state index in [1.165, 1.54) is 12.1 Å². The second-order valence-electron chi connectivity index (χ2n) is 4.26. The molecule has 0 spiro atoms. The van der Waals surface area contributed by atoms with Gasteiger partial charge in [-0.15, -0.1) is 0 Å². The molecule has 0 radical (unpaired) electrons. The summed E-state index contributed by atoms with van der Waals surface area (Å²) in [4.78, 5) is 0. The second-order valence-corrected chi connectivity index (χ2v) is 4.26. The van der Waals surface area contributed by atoms with Crippen LogP contribution in [0.3, 0.4) is 0 Å². The first-order chi connectivity index (χ1) is 8.61. The van der Waals surface area contributed by atoms with E-state index in [1.54, 1.807) is 6.92 Å². The van der Waals surface area contributed by atoms with Gasteiger partial charge in [0.15, 0.2) is 5.82 Å². The van der Waals surface area contributed by atoms with Crippen LogP contribution in [0.4, 0.5) is 14.5 Å². The molecular formula is C14H16F2N2. The summed E-state index contributed by atoms with van der Waals surface area (Å²) >= 11 is 0. The Balaban J connectivity index is 2.12. The normalized spacial score (nSPS) is 10.7. The summed E-state index contributed by atoms with van der Waals surface area (Å²) in [5.41, 5.74) is 1.38. The minimum absolute atomic E-state index is 0.0563.